The smallest absolute Gasteiger partial charge is 0.330 e. The van der Waals surface area contributed by atoms with Crippen molar-refractivity contribution in [2.24, 2.45) is 4.99 Å². The van der Waals surface area contributed by atoms with Crippen LogP contribution >= 0.6 is 0 Å². The fraction of sp³-hybridized carbons (Fsp3) is 0.500. The number of carbonyl (C=O) groups is 2. The Morgan fingerprint density at radius 1 is 1.25 bits per heavy atom. The molecule has 0 spiro atoms. The molecule has 0 aliphatic carbocycles. The predicted molar refractivity (Wildman–Crippen MR) is 92.3 cm³/mol. The third-order valence-corrected chi connectivity index (χ3v) is 5.16. The fourth-order valence-electron chi connectivity index (χ4n) is 3.86. The number of benzene rings is 1. The number of aliphatic imine (C=N–C) groups is 1. The molecular formula is C18H22N4O2. The minimum atomic E-state index is -0.136. The summed E-state index contributed by atoms with van der Waals surface area (Å²) in [6.45, 7) is 4.20. The quantitative estimate of drug-likeness (QED) is 0.835. The second-order valence-corrected chi connectivity index (χ2v) is 6.67. The number of amides is 3. The van der Waals surface area contributed by atoms with Crippen LogP contribution in [0.4, 0.5) is 10.5 Å². The zero-order chi connectivity index (χ0) is 16.7. The van der Waals surface area contributed by atoms with Gasteiger partial charge in [-0.05, 0) is 38.3 Å². The van der Waals surface area contributed by atoms with Gasteiger partial charge in [-0.25, -0.2) is 4.79 Å². The number of piperidine rings is 1. The van der Waals surface area contributed by atoms with Crippen LogP contribution in [0.3, 0.4) is 0 Å². The average Bonchev–Trinajstić information content (AvgIpc) is 3.09. The van der Waals surface area contributed by atoms with Crippen LogP contribution in [-0.2, 0) is 4.79 Å². The van der Waals surface area contributed by atoms with Crippen LogP contribution in [0.5, 0.6) is 0 Å². The van der Waals surface area contributed by atoms with Crippen molar-refractivity contribution in [2.45, 2.75) is 32.2 Å². The second-order valence-electron chi connectivity index (χ2n) is 6.67. The van der Waals surface area contributed by atoms with Gasteiger partial charge in [-0.2, -0.15) is 0 Å². The van der Waals surface area contributed by atoms with Gasteiger partial charge < -0.3 is 4.90 Å². The molecule has 0 saturated carbocycles. The standard InChI is InChI=1S/C18H22N4O2/c1-13-6-4-5-10-20(13)16(23)12-22-15-8-3-2-7-14(15)17-19-9-11-21(17)18(22)24/h2-3,7-8,13H,4-6,9-12H2,1H3/t13-/m1/s1. The lowest BCUT2D eigenvalue weighted by Gasteiger charge is -2.38. The van der Waals surface area contributed by atoms with Crippen LogP contribution in [0, 0.1) is 0 Å². The maximum Gasteiger partial charge on any atom is 0.330 e. The van der Waals surface area contributed by atoms with E-state index in [1.807, 2.05) is 29.2 Å². The van der Waals surface area contributed by atoms with E-state index in [1.54, 1.807) is 9.80 Å². The molecule has 1 fully saturated rings. The van der Waals surface area contributed by atoms with Crippen LogP contribution < -0.4 is 4.90 Å². The summed E-state index contributed by atoms with van der Waals surface area (Å²) in [4.78, 5) is 35.4. The first-order chi connectivity index (χ1) is 11.7. The number of anilines is 1. The highest BCUT2D eigenvalue weighted by Gasteiger charge is 2.38. The van der Waals surface area contributed by atoms with E-state index in [9.17, 15) is 9.59 Å². The highest BCUT2D eigenvalue weighted by atomic mass is 16.2. The molecule has 6 heteroatoms. The number of rotatable bonds is 2. The van der Waals surface area contributed by atoms with Gasteiger partial charge in [0.05, 0.1) is 12.2 Å². The Bertz CT molecular complexity index is 715. The van der Waals surface area contributed by atoms with Gasteiger partial charge in [0.25, 0.3) is 0 Å². The van der Waals surface area contributed by atoms with Crippen LogP contribution in [0.2, 0.25) is 0 Å². The number of nitrogens with zero attached hydrogens (tertiary/aromatic N) is 4. The minimum Gasteiger partial charge on any atom is -0.338 e. The molecule has 6 nitrogen and oxygen atoms in total. The van der Waals surface area contributed by atoms with Crippen molar-refractivity contribution in [3.8, 4) is 0 Å². The number of urea groups is 1. The Labute approximate surface area is 141 Å². The molecule has 24 heavy (non-hydrogen) atoms. The first-order valence-electron chi connectivity index (χ1n) is 8.69. The Kier molecular flexibility index (Phi) is 3.75. The molecule has 3 aliphatic heterocycles. The summed E-state index contributed by atoms with van der Waals surface area (Å²) in [7, 11) is 0. The van der Waals surface area contributed by atoms with E-state index in [0.717, 1.165) is 36.5 Å². The summed E-state index contributed by atoms with van der Waals surface area (Å²) >= 11 is 0. The van der Waals surface area contributed by atoms with E-state index in [0.29, 0.717) is 13.1 Å². The van der Waals surface area contributed by atoms with E-state index in [1.165, 1.54) is 6.42 Å². The molecule has 3 heterocycles. The normalized spacial score (nSPS) is 23.0. The van der Waals surface area contributed by atoms with Crippen molar-refractivity contribution in [1.29, 1.82) is 0 Å². The van der Waals surface area contributed by atoms with Crippen LogP contribution in [-0.4, -0.2) is 59.8 Å². The summed E-state index contributed by atoms with van der Waals surface area (Å²) in [5.74, 6) is 0.774. The zero-order valence-corrected chi connectivity index (χ0v) is 13.9. The summed E-state index contributed by atoms with van der Waals surface area (Å²) in [5, 5.41) is 0. The zero-order valence-electron chi connectivity index (χ0n) is 13.9. The fourth-order valence-corrected chi connectivity index (χ4v) is 3.86. The van der Waals surface area contributed by atoms with Gasteiger partial charge in [0.1, 0.15) is 12.4 Å². The molecule has 0 N–H and O–H groups in total. The van der Waals surface area contributed by atoms with Crippen molar-refractivity contribution in [2.75, 3.05) is 31.1 Å². The topological polar surface area (TPSA) is 56.2 Å². The Balaban J connectivity index is 1.63. The average molecular weight is 326 g/mol. The first-order valence-corrected chi connectivity index (χ1v) is 8.69. The molecule has 0 radical (unpaired) electrons. The minimum absolute atomic E-state index is 0.0324. The summed E-state index contributed by atoms with van der Waals surface area (Å²) < 4.78 is 0. The molecule has 4 rings (SSSR count). The van der Waals surface area contributed by atoms with Gasteiger partial charge in [-0.15, -0.1) is 0 Å². The number of carbonyl (C=O) groups excluding carboxylic acids is 2. The van der Waals surface area contributed by atoms with Gasteiger partial charge in [-0.1, -0.05) is 12.1 Å². The highest BCUT2D eigenvalue weighted by Crippen LogP contribution is 2.31. The molecule has 1 aromatic carbocycles. The molecule has 0 aromatic heterocycles. The van der Waals surface area contributed by atoms with Crippen LogP contribution in [0.1, 0.15) is 31.7 Å². The Hall–Kier alpha value is -2.37. The Morgan fingerprint density at radius 2 is 2.08 bits per heavy atom. The third kappa shape index (κ3) is 2.37. The largest absolute Gasteiger partial charge is 0.338 e. The van der Waals surface area contributed by atoms with E-state index >= 15 is 0 Å². The molecule has 126 valence electrons. The third-order valence-electron chi connectivity index (χ3n) is 5.16. The van der Waals surface area contributed by atoms with Gasteiger partial charge >= 0.3 is 6.03 Å². The van der Waals surface area contributed by atoms with Crippen molar-refractivity contribution >= 4 is 23.5 Å². The first kappa shape index (κ1) is 15.2. The number of para-hydroxylation sites is 1. The molecular weight excluding hydrogens is 304 g/mol. The maximum atomic E-state index is 12.9. The number of fused-ring (bicyclic) bond motifs is 3. The van der Waals surface area contributed by atoms with Gasteiger partial charge in [0, 0.05) is 24.7 Å². The summed E-state index contributed by atoms with van der Waals surface area (Å²) in [6, 6.07) is 7.84. The summed E-state index contributed by atoms with van der Waals surface area (Å²) in [5.41, 5.74) is 1.73. The second kappa shape index (κ2) is 5.92. The lowest BCUT2D eigenvalue weighted by atomic mass is 10.0. The summed E-state index contributed by atoms with van der Waals surface area (Å²) in [6.07, 6.45) is 3.26. The number of amidine groups is 1. The molecule has 0 bridgehead atoms. The van der Waals surface area contributed by atoms with Gasteiger partial charge in [0.2, 0.25) is 5.91 Å². The Morgan fingerprint density at radius 3 is 2.92 bits per heavy atom. The van der Waals surface area contributed by atoms with Crippen molar-refractivity contribution in [1.82, 2.24) is 9.80 Å². The van der Waals surface area contributed by atoms with E-state index in [4.69, 9.17) is 0 Å². The highest BCUT2D eigenvalue weighted by molar-refractivity contribution is 6.20. The van der Waals surface area contributed by atoms with Gasteiger partial charge in [0.15, 0.2) is 0 Å². The number of hydrogen-bond acceptors (Lipinski definition) is 3. The van der Waals surface area contributed by atoms with E-state index in [-0.39, 0.29) is 24.5 Å². The van der Waals surface area contributed by atoms with Crippen molar-refractivity contribution in [3.63, 3.8) is 0 Å². The maximum absolute atomic E-state index is 12.9. The van der Waals surface area contributed by atoms with E-state index < -0.39 is 0 Å². The molecule has 0 unspecified atom stereocenters. The van der Waals surface area contributed by atoms with Crippen LogP contribution in [0.15, 0.2) is 29.3 Å². The molecule has 1 aromatic rings. The molecule has 3 amide bonds. The van der Waals surface area contributed by atoms with Crippen molar-refractivity contribution < 1.29 is 9.59 Å². The predicted octanol–water partition coefficient (Wildman–Crippen LogP) is 2.09. The van der Waals surface area contributed by atoms with E-state index in [2.05, 4.69) is 11.9 Å². The van der Waals surface area contributed by atoms with Crippen LogP contribution in [0.25, 0.3) is 0 Å². The van der Waals surface area contributed by atoms with Gasteiger partial charge in [-0.3, -0.25) is 19.6 Å². The molecule has 1 atom stereocenters. The lowest BCUT2D eigenvalue weighted by molar-refractivity contribution is -0.132. The SMILES string of the molecule is C[C@@H]1CCCCN1C(=O)CN1C(=O)N2CCN=C2c2ccccc21. The number of hydrogen-bond donors (Lipinski definition) is 0. The molecule has 3 aliphatic rings. The number of likely N-dealkylation sites (tertiary alicyclic amines) is 1. The monoisotopic (exact) mass is 326 g/mol. The lowest BCUT2D eigenvalue weighted by Crippen LogP contribution is -2.54. The molecule has 1 saturated heterocycles. The van der Waals surface area contributed by atoms with Crippen molar-refractivity contribution in [3.05, 3.63) is 29.8 Å².